The lowest BCUT2D eigenvalue weighted by Gasteiger charge is -2.09. The Hall–Kier alpha value is -4.27. The molecule has 0 saturated carbocycles. The first-order chi connectivity index (χ1) is 14.1. The molecular weight excluding hydrogens is 372 g/mol. The van der Waals surface area contributed by atoms with Crippen LogP contribution in [0.15, 0.2) is 67.1 Å². The molecule has 0 atom stereocenters. The van der Waals surface area contributed by atoms with Gasteiger partial charge >= 0.3 is 0 Å². The number of hydrogen-bond acceptors (Lipinski definition) is 6. The van der Waals surface area contributed by atoms with Crippen LogP contribution in [0, 0.1) is 10.1 Å². The number of nitro benzene ring substituents is 1. The number of aromatic amines is 1. The van der Waals surface area contributed by atoms with Crippen molar-refractivity contribution < 1.29 is 9.72 Å². The van der Waals surface area contributed by atoms with E-state index in [1.54, 1.807) is 42.9 Å². The fourth-order valence-electron chi connectivity index (χ4n) is 2.89. The van der Waals surface area contributed by atoms with Crippen LogP contribution in [0.1, 0.15) is 15.9 Å². The van der Waals surface area contributed by atoms with Crippen LogP contribution >= 0.6 is 0 Å². The number of nitrogens with zero attached hydrogens (tertiary/aromatic N) is 3. The highest BCUT2D eigenvalue weighted by atomic mass is 16.6. The van der Waals surface area contributed by atoms with Gasteiger partial charge in [-0.1, -0.05) is 6.07 Å². The minimum absolute atomic E-state index is 0.175. The summed E-state index contributed by atoms with van der Waals surface area (Å²) < 4.78 is 0. The van der Waals surface area contributed by atoms with Crippen molar-refractivity contribution in [1.82, 2.24) is 15.2 Å². The van der Waals surface area contributed by atoms with Gasteiger partial charge in [0, 0.05) is 41.6 Å². The third-order valence-corrected chi connectivity index (χ3v) is 4.36. The van der Waals surface area contributed by atoms with Gasteiger partial charge < -0.3 is 10.6 Å². The summed E-state index contributed by atoms with van der Waals surface area (Å²) in [7, 11) is 0. The van der Waals surface area contributed by atoms with Gasteiger partial charge in [-0.25, -0.2) is 0 Å². The molecule has 2 aromatic heterocycles. The van der Waals surface area contributed by atoms with Crippen molar-refractivity contribution >= 4 is 33.9 Å². The van der Waals surface area contributed by atoms with Crippen molar-refractivity contribution in [3.63, 3.8) is 0 Å². The summed E-state index contributed by atoms with van der Waals surface area (Å²) in [6, 6.07) is 13.3. The fraction of sp³-hybridized carbons (Fsp3) is 0.0500. The fourth-order valence-corrected chi connectivity index (χ4v) is 2.89. The molecule has 1 amide bonds. The van der Waals surface area contributed by atoms with Crippen LogP contribution in [0.3, 0.4) is 0 Å². The van der Waals surface area contributed by atoms with E-state index >= 15 is 0 Å². The molecule has 0 unspecified atom stereocenters. The molecule has 3 N–H and O–H groups in total. The Balaban J connectivity index is 1.53. The van der Waals surface area contributed by atoms with Gasteiger partial charge in [-0.05, 0) is 42.0 Å². The number of H-pyrrole nitrogens is 1. The Morgan fingerprint density at radius 1 is 1.14 bits per heavy atom. The monoisotopic (exact) mass is 388 g/mol. The number of benzene rings is 2. The number of nitro groups is 1. The number of nitrogens with one attached hydrogen (secondary N) is 3. The van der Waals surface area contributed by atoms with E-state index < -0.39 is 10.8 Å². The normalized spacial score (nSPS) is 10.6. The molecule has 0 fully saturated rings. The van der Waals surface area contributed by atoms with Gasteiger partial charge in [0.05, 0.1) is 16.6 Å². The van der Waals surface area contributed by atoms with Crippen molar-refractivity contribution in [2.75, 3.05) is 10.6 Å². The van der Waals surface area contributed by atoms with E-state index in [2.05, 4.69) is 25.8 Å². The first-order valence-corrected chi connectivity index (χ1v) is 8.76. The second kappa shape index (κ2) is 7.77. The summed E-state index contributed by atoms with van der Waals surface area (Å²) in [5.41, 5.74) is 2.57. The number of aromatic nitrogens is 3. The Labute approximate surface area is 164 Å². The third kappa shape index (κ3) is 4.03. The summed E-state index contributed by atoms with van der Waals surface area (Å²) >= 11 is 0. The van der Waals surface area contributed by atoms with Crippen LogP contribution < -0.4 is 10.6 Å². The first-order valence-electron chi connectivity index (χ1n) is 8.76. The molecule has 29 heavy (non-hydrogen) atoms. The molecule has 0 aliphatic carbocycles. The highest BCUT2D eigenvalue weighted by Gasteiger charge is 2.18. The molecule has 0 aliphatic heterocycles. The average Bonchev–Trinajstić information content (AvgIpc) is 3.20. The van der Waals surface area contributed by atoms with Gasteiger partial charge in [0.15, 0.2) is 0 Å². The van der Waals surface area contributed by atoms with Crippen molar-refractivity contribution in [1.29, 1.82) is 0 Å². The van der Waals surface area contributed by atoms with E-state index in [9.17, 15) is 14.9 Å². The predicted octanol–water partition coefficient (Wildman–Crippen LogP) is 3.73. The van der Waals surface area contributed by atoms with Crippen LogP contribution in [-0.4, -0.2) is 26.0 Å². The number of fused-ring (bicyclic) bond motifs is 1. The Bertz CT molecular complexity index is 1190. The molecular formula is C20H16N6O3. The maximum Gasteiger partial charge on any atom is 0.293 e. The summed E-state index contributed by atoms with van der Waals surface area (Å²) in [6.07, 6.45) is 5.02. The van der Waals surface area contributed by atoms with Gasteiger partial charge in [0.25, 0.3) is 11.6 Å². The minimum atomic E-state index is -0.515. The van der Waals surface area contributed by atoms with Crippen molar-refractivity contribution in [2.24, 2.45) is 0 Å². The maximum atomic E-state index is 12.6. The van der Waals surface area contributed by atoms with E-state index in [1.807, 2.05) is 12.1 Å². The second-order valence-electron chi connectivity index (χ2n) is 6.33. The van der Waals surface area contributed by atoms with E-state index in [-0.39, 0.29) is 11.3 Å². The van der Waals surface area contributed by atoms with Gasteiger partial charge in [0.2, 0.25) is 0 Å². The highest BCUT2D eigenvalue weighted by Crippen LogP contribution is 2.27. The summed E-state index contributed by atoms with van der Waals surface area (Å²) in [5, 5.41) is 24.9. The SMILES string of the molecule is O=C(Nc1ccc2cn[nH]c2c1)c1ccc(NCc2cccnc2)c([N+](=O)[O-])c1. The lowest BCUT2D eigenvalue weighted by atomic mass is 10.1. The van der Waals surface area contributed by atoms with Gasteiger partial charge in [-0.2, -0.15) is 5.10 Å². The first kappa shape index (κ1) is 18.1. The molecule has 2 heterocycles. The van der Waals surface area contributed by atoms with Crippen molar-refractivity contribution in [3.05, 3.63) is 88.4 Å². The zero-order valence-electron chi connectivity index (χ0n) is 15.1. The number of amides is 1. The number of carbonyl (C=O) groups is 1. The number of pyridine rings is 1. The molecule has 0 radical (unpaired) electrons. The predicted molar refractivity (Wildman–Crippen MR) is 109 cm³/mol. The van der Waals surface area contributed by atoms with Crippen LogP contribution in [0.2, 0.25) is 0 Å². The number of hydrogen-bond donors (Lipinski definition) is 3. The van der Waals surface area contributed by atoms with Crippen molar-refractivity contribution in [3.8, 4) is 0 Å². The lowest BCUT2D eigenvalue weighted by Crippen LogP contribution is -2.13. The molecule has 2 aromatic carbocycles. The number of rotatable bonds is 6. The van der Waals surface area contributed by atoms with E-state index in [0.717, 1.165) is 16.5 Å². The number of carbonyl (C=O) groups excluding carboxylic acids is 1. The zero-order valence-corrected chi connectivity index (χ0v) is 15.1. The summed E-state index contributed by atoms with van der Waals surface area (Å²) in [4.78, 5) is 27.6. The zero-order chi connectivity index (χ0) is 20.2. The Kier molecular flexibility index (Phi) is 4.85. The van der Waals surface area contributed by atoms with Crippen LogP contribution in [0.4, 0.5) is 17.1 Å². The van der Waals surface area contributed by atoms with Crippen LogP contribution in [0.25, 0.3) is 10.9 Å². The largest absolute Gasteiger partial charge is 0.375 e. The van der Waals surface area contributed by atoms with Gasteiger partial charge in [0.1, 0.15) is 5.69 Å². The molecule has 144 valence electrons. The van der Waals surface area contributed by atoms with Crippen LogP contribution in [0.5, 0.6) is 0 Å². The summed E-state index contributed by atoms with van der Waals surface area (Å²) in [5.74, 6) is -0.439. The quantitative estimate of drug-likeness (QED) is 0.341. The molecule has 0 saturated heterocycles. The lowest BCUT2D eigenvalue weighted by molar-refractivity contribution is -0.384. The molecule has 0 aliphatic rings. The molecule has 9 heteroatoms. The Morgan fingerprint density at radius 2 is 2.03 bits per heavy atom. The van der Waals surface area contributed by atoms with Crippen LogP contribution in [-0.2, 0) is 6.54 Å². The summed E-state index contributed by atoms with van der Waals surface area (Å²) in [6.45, 7) is 0.379. The molecule has 0 bridgehead atoms. The van der Waals surface area contributed by atoms with Gasteiger partial charge in [-0.15, -0.1) is 0 Å². The highest BCUT2D eigenvalue weighted by molar-refractivity contribution is 6.05. The molecule has 9 nitrogen and oxygen atoms in total. The number of anilines is 2. The maximum absolute atomic E-state index is 12.6. The average molecular weight is 388 g/mol. The smallest absolute Gasteiger partial charge is 0.293 e. The second-order valence-corrected chi connectivity index (χ2v) is 6.33. The third-order valence-electron chi connectivity index (χ3n) is 4.36. The van der Waals surface area contributed by atoms with E-state index in [1.165, 1.54) is 12.1 Å². The van der Waals surface area contributed by atoms with E-state index in [4.69, 9.17) is 0 Å². The Morgan fingerprint density at radius 3 is 2.83 bits per heavy atom. The standard InChI is InChI=1S/C20H16N6O3/c27-20(24-16-5-3-15-12-23-25-18(15)9-16)14-4-6-17(19(8-14)26(28)29)22-11-13-2-1-7-21-10-13/h1-10,12,22H,11H2,(H,23,25)(H,24,27). The topological polar surface area (TPSA) is 126 Å². The van der Waals surface area contributed by atoms with Crippen molar-refractivity contribution in [2.45, 2.75) is 6.54 Å². The van der Waals surface area contributed by atoms with Gasteiger partial charge in [-0.3, -0.25) is 25.0 Å². The molecule has 4 aromatic rings. The molecule has 0 spiro atoms. The molecule has 4 rings (SSSR count). The minimum Gasteiger partial charge on any atom is -0.375 e. The van der Waals surface area contributed by atoms with E-state index in [0.29, 0.717) is 17.9 Å².